The normalized spacial score (nSPS) is 14.6. The third kappa shape index (κ3) is 6.18. The molecule has 1 heterocycles. The number of urea groups is 1. The van der Waals surface area contributed by atoms with Crippen LogP contribution >= 0.6 is 0 Å². The van der Waals surface area contributed by atoms with Crippen LogP contribution in [0.4, 0.5) is 14.9 Å². The second-order valence-corrected chi connectivity index (χ2v) is 7.64. The fourth-order valence-electron chi connectivity index (χ4n) is 3.50. The molecule has 0 aromatic heterocycles. The molecule has 7 nitrogen and oxygen atoms in total. The summed E-state index contributed by atoms with van der Waals surface area (Å²) >= 11 is 0. The van der Waals surface area contributed by atoms with Crippen molar-refractivity contribution in [3.63, 3.8) is 0 Å². The zero-order valence-electron chi connectivity index (χ0n) is 17.9. The SMILES string of the molecule is CN(C)c1ccc(CNC(=O)NCC(C(=O)N2CCOCC2)c2ccccc2)cc1F. The lowest BCUT2D eigenvalue weighted by atomic mass is 9.97. The number of carbonyl (C=O) groups excluding carboxylic acids is 2. The Labute approximate surface area is 182 Å². The molecule has 1 aliphatic heterocycles. The average molecular weight is 429 g/mol. The van der Waals surface area contributed by atoms with E-state index in [9.17, 15) is 14.0 Å². The number of carbonyl (C=O) groups is 2. The maximum atomic E-state index is 14.1. The maximum absolute atomic E-state index is 14.1. The van der Waals surface area contributed by atoms with Gasteiger partial charge in [0.05, 0.1) is 24.8 Å². The van der Waals surface area contributed by atoms with Crippen LogP contribution in [0.15, 0.2) is 48.5 Å². The van der Waals surface area contributed by atoms with Gasteiger partial charge in [0, 0.05) is 40.3 Å². The summed E-state index contributed by atoms with van der Waals surface area (Å²) in [5, 5.41) is 5.51. The molecule has 2 N–H and O–H groups in total. The summed E-state index contributed by atoms with van der Waals surface area (Å²) in [6.07, 6.45) is 0. The van der Waals surface area contributed by atoms with Crippen LogP contribution in [0.1, 0.15) is 17.0 Å². The lowest BCUT2D eigenvalue weighted by Gasteiger charge is -2.30. The number of amides is 3. The van der Waals surface area contributed by atoms with Crippen molar-refractivity contribution in [2.24, 2.45) is 0 Å². The molecule has 0 bridgehead atoms. The van der Waals surface area contributed by atoms with E-state index in [1.54, 1.807) is 36.0 Å². The minimum absolute atomic E-state index is 0.0313. The van der Waals surface area contributed by atoms with Gasteiger partial charge in [0.2, 0.25) is 5.91 Å². The van der Waals surface area contributed by atoms with Gasteiger partial charge in [0.25, 0.3) is 0 Å². The van der Waals surface area contributed by atoms with Crippen LogP contribution in [0.5, 0.6) is 0 Å². The van der Waals surface area contributed by atoms with Crippen LogP contribution in [0, 0.1) is 5.82 Å². The quantitative estimate of drug-likeness (QED) is 0.710. The predicted octanol–water partition coefficient (Wildman–Crippen LogP) is 2.33. The first kappa shape index (κ1) is 22.6. The Morgan fingerprint density at radius 3 is 2.45 bits per heavy atom. The summed E-state index contributed by atoms with van der Waals surface area (Å²) in [6, 6.07) is 13.9. The molecule has 3 rings (SSSR count). The Bertz CT molecular complexity index is 886. The molecule has 166 valence electrons. The van der Waals surface area contributed by atoms with Gasteiger partial charge in [0.15, 0.2) is 0 Å². The van der Waals surface area contributed by atoms with E-state index in [1.807, 2.05) is 30.3 Å². The Hall–Kier alpha value is -3.13. The minimum atomic E-state index is -0.484. The number of benzene rings is 2. The Kier molecular flexibility index (Phi) is 7.83. The molecular formula is C23H29FN4O3. The number of hydrogen-bond donors (Lipinski definition) is 2. The summed E-state index contributed by atoms with van der Waals surface area (Å²) in [7, 11) is 3.54. The summed E-state index contributed by atoms with van der Waals surface area (Å²) in [6.45, 7) is 2.48. The average Bonchev–Trinajstić information content (AvgIpc) is 2.78. The first-order valence-corrected chi connectivity index (χ1v) is 10.3. The minimum Gasteiger partial charge on any atom is -0.378 e. The van der Waals surface area contributed by atoms with Gasteiger partial charge in [-0.15, -0.1) is 0 Å². The number of anilines is 1. The summed E-state index contributed by atoms with van der Waals surface area (Å²) in [4.78, 5) is 28.9. The van der Waals surface area contributed by atoms with Crippen molar-refractivity contribution in [1.82, 2.24) is 15.5 Å². The van der Waals surface area contributed by atoms with Crippen LogP contribution in [0.3, 0.4) is 0 Å². The van der Waals surface area contributed by atoms with Gasteiger partial charge < -0.3 is 25.2 Å². The largest absolute Gasteiger partial charge is 0.378 e. The van der Waals surface area contributed by atoms with Crippen molar-refractivity contribution in [2.75, 3.05) is 51.8 Å². The molecule has 1 unspecified atom stereocenters. The molecule has 1 aliphatic rings. The third-order valence-corrected chi connectivity index (χ3v) is 5.24. The fourth-order valence-corrected chi connectivity index (χ4v) is 3.50. The first-order chi connectivity index (χ1) is 15.0. The molecule has 0 spiro atoms. The zero-order chi connectivity index (χ0) is 22.2. The number of rotatable bonds is 7. The van der Waals surface area contributed by atoms with Crippen LogP contribution in [0.25, 0.3) is 0 Å². The third-order valence-electron chi connectivity index (χ3n) is 5.24. The smallest absolute Gasteiger partial charge is 0.315 e. The van der Waals surface area contributed by atoms with Crippen molar-refractivity contribution < 1.29 is 18.7 Å². The maximum Gasteiger partial charge on any atom is 0.315 e. The summed E-state index contributed by atoms with van der Waals surface area (Å²) in [5.74, 6) is -0.858. The van der Waals surface area contributed by atoms with Crippen molar-refractivity contribution in [3.05, 3.63) is 65.5 Å². The van der Waals surface area contributed by atoms with E-state index in [4.69, 9.17) is 4.74 Å². The second kappa shape index (κ2) is 10.8. The lowest BCUT2D eigenvalue weighted by molar-refractivity contribution is -0.136. The molecule has 8 heteroatoms. The molecule has 1 fully saturated rings. The van der Waals surface area contributed by atoms with Gasteiger partial charge in [-0.3, -0.25) is 4.79 Å². The van der Waals surface area contributed by atoms with Crippen LogP contribution in [-0.4, -0.2) is 63.8 Å². The van der Waals surface area contributed by atoms with Crippen molar-refractivity contribution in [2.45, 2.75) is 12.5 Å². The molecular weight excluding hydrogens is 399 g/mol. The fraction of sp³-hybridized carbons (Fsp3) is 0.391. The Balaban J connectivity index is 1.58. The van der Waals surface area contributed by atoms with Gasteiger partial charge in [-0.25, -0.2) is 9.18 Å². The topological polar surface area (TPSA) is 73.9 Å². The Morgan fingerprint density at radius 1 is 1.10 bits per heavy atom. The number of hydrogen-bond acceptors (Lipinski definition) is 4. The van der Waals surface area contributed by atoms with Gasteiger partial charge in [-0.1, -0.05) is 36.4 Å². The van der Waals surface area contributed by atoms with Gasteiger partial charge in [-0.2, -0.15) is 0 Å². The number of nitrogens with one attached hydrogen (secondary N) is 2. The molecule has 0 saturated carbocycles. The van der Waals surface area contributed by atoms with E-state index in [2.05, 4.69) is 10.6 Å². The van der Waals surface area contributed by atoms with Crippen LogP contribution in [-0.2, 0) is 16.1 Å². The number of morpholine rings is 1. The lowest BCUT2D eigenvalue weighted by Crippen LogP contribution is -2.46. The summed E-state index contributed by atoms with van der Waals surface area (Å²) < 4.78 is 19.4. The van der Waals surface area contributed by atoms with E-state index < -0.39 is 11.9 Å². The summed E-state index contributed by atoms with van der Waals surface area (Å²) in [5.41, 5.74) is 1.99. The Morgan fingerprint density at radius 2 is 1.81 bits per heavy atom. The van der Waals surface area contributed by atoms with Crippen LogP contribution in [0.2, 0.25) is 0 Å². The van der Waals surface area contributed by atoms with E-state index >= 15 is 0 Å². The number of ether oxygens (including phenoxy) is 1. The second-order valence-electron chi connectivity index (χ2n) is 7.64. The molecule has 0 aliphatic carbocycles. The van der Waals surface area contributed by atoms with Gasteiger partial charge >= 0.3 is 6.03 Å². The van der Waals surface area contributed by atoms with Crippen molar-refractivity contribution >= 4 is 17.6 Å². The highest BCUT2D eigenvalue weighted by Crippen LogP contribution is 2.19. The molecule has 0 radical (unpaired) electrons. The standard InChI is InChI=1S/C23H29FN4O3/c1-27(2)21-9-8-17(14-20(21)24)15-25-23(30)26-16-19(18-6-4-3-5-7-18)22(29)28-10-12-31-13-11-28/h3-9,14,19H,10-13,15-16H2,1-2H3,(H2,25,26,30). The first-order valence-electron chi connectivity index (χ1n) is 10.3. The van der Waals surface area contributed by atoms with Gasteiger partial charge in [-0.05, 0) is 23.3 Å². The molecule has 31 heavy (non-hydrogen) atoms. The van der Waals surface area contributed by atoms with Crippen molar-refractivity contribution in [1.29, 1.82) is 0 Å². The molecule has 1 saturated heterocycles. The van der Waals surface area contributed by atoms with Gasteiger partial charge in [0.1, 0.15) is 5.82 Å². The van der Waals surface area contributed by atoms with E-state index in [1.165, 1.54) is 6.07 Å². The highest BCUT2D eigenvalue weighted by atomic mass is 19.1. The highest BCUT2D eigenvalue weighted by molar-refractivity contribution is 5.85. The van der Waals surface area contributed by atoms with E-state index in [0.29, 0.717) is 37.6 Å². The molecule has 1 atom stereocenters. The highest BCUT2D eigenvalue weighted by Gasteiger charge is 2.27. The van der Waals surface area contributed by atoms with E-state index in [-0.39, 0.29) is 24.8 Å². The number of halogens is 1. The molecule has 2 aromatic rings. The molecule has 3 amide bonds. The zero-order valence-corrected chi connectivity index (χ0v) is 17.9. The monoisotopic (exact) mass is 428 g/mol. The number of nitrogens with zero attached hydrogens (tertiary/aromatic N) is 2. The molecule has 2 aromatic carbocycles. The van der Waals surface area contributed by atoms with Crippen LogP contribution < -0.4 is 15.5 Å². The van der Waals surface area contributed by atoms with E-state index in [0.717, 1.165) is 5.56 Å². The van der Waals surface area contributed by atoms with Crippen molar-refractivity contribution in [3.8, 4) is 0 Å². The predicted molar refractivity (Wildman–Crippen MR) is 118 cm³/mol.